The molecular weight excluding hydrogens is 402 g/mol. The SMILES string of the molecule is CCOC(=O)C1C2c3ccccc3C(c3ccccc32)C1NC(=O)OCc1ccccc1. The third-order valence-corrected chi connectivity index (χ3v) is 6.49. The third kappa shape index (κ3) is 3.44. The maximum atomic E-state index is 13.2. The van der Waals surface area contributed by atoms with E-state index in [1.54, 1.807) is 6.92 Å². The Morgan fingerprint density at radius 3 is 1.84 bits per heavy atom. The molecule has 3 aromatic carbocycles. The number of carbonyl (C=O) groups is 2. The Labute approximate surface area is 187 Å². The average Bonchev–Trinajstić information content (AvgIpc) is 2.83. The van der Waals surface area contributed by atoms with Gasteiger partial charge in [0, 0.05) is 11.8 Å². The molecular formula is C27H25NO4. The summed E-state index contributed by atoms with van der Waals surface area (Å²) in [5.41, 5.74) is 5.45. The second-order valence-electron chi connectivity index (χ2n) is 8.22. The van der Waals surface area contributed by atoms with E-state index in [4.69, 9.17) is 9.47 Å². The Morgan fingerprint density at radius 2 is 1.28 bits per heavy atom. The number of benzene rings is 3. The van der Waals surface area contributed by atoms with Gasteiger partial charge in [0.25, 0.3) is 0 Å². The molecule has 0 fully saturated rings. The van der Waals surface area contributed by atoms with Crippen LogP contribution < -0.4 is 5.32 Å². The zero-order valence-electron chi connectivity index (χ0n) is 17.9. The van der Waals surface area contributed by atoms with Gasteiger partial charge in [-0.1, -0.05) is 78.9 Å². The summed E-state index contributed by atoms with van der Waals surface area (Å²) >= 11 is 0. The topological polar surface area (TPSA) is 64.6 Å². The van der Waals surface area contributed by atoms with E-state index >= 15 is 0 Å². The molecule has 0 aliphatic heterocycles. The van der Waals surface area contributed by atoms with E-state index in [0.717, 1.165) is 27.8 Å². The largest absolute Gasteiger partial charge is 0.466 e. The molecule has 0 aromatic heterocycles. The lowest BCUT2D eigenvalue weighted by atomic mass is 9.56. The highest BCUT2D eigenvalue weighted by molar-refractivity contribution is 5.81. The summed E-state index contributed by atoms with van der Waals surface area (Å²) < 4.78 is 11.0. The van der Waals surface area contributed by atoms with Crippen LogP contribution in [0.4, 0.5) is 4.79 Å². The Kier molecular flexibility index (Phi) is 5.39. The van der Waals surface area contributed by atoms with Crippen molar-refractivity contribution in [3.8, 4) is 0 Å². The minimum Gasteiger partial charge on any atom is -0.466 e. The van der Waals surface area contributed by atoms with Gasteiger partial charge in [0.1, 0.15) is 6.61 Å². The summed E-state index contributed by atoms with van der Waals surface area (Å²) in [7, 11) is 0. The van der Waals surface area contributed by atoms with Crippen LogP contribution in [0.1, 0.15) is 46.6 Å². The van der Waals surface area contributed by atoms with Gasteiger partial charge in [-0.3, -0.25) is 4.79 Å². The van der Waals surface area contributed by atoms with Crippen molar-refractivity contribution in [3.63, 3.8) is 0 Å². The van der Waals surface area contributed by atoms with E-state index in [-0.39, 0.29) is 24.4 Å². The van der Waals surface area contributed by atoms with Crippen molar-refractivity contribution in [1.82, 2.24) is 5.32 Å². The number of carbonyl (C=O) groups excluding carboxylic acids is 2. The molecule has 3 aliphatic rings. The van der Waals surface area contributed by atoms with E-state index in [0.29, 0.717) is 6.61 Å². The van der Waals surface area contributed by atoms with E-state index in [1.807, 2.05) is 54.6 Å². The lowest BCUT2D eigenvalue weighted by molar-refractivity contribution is -0.150. The van der Waals surface area contributed by atoms with Crippen LogP contribution in [0.25, 0.3) is 0 Å². The highest BCUT2D eigenvalue weighted by Gasteiger charge is 2.53. The van der Waals surface area contributed by atoms with Crippen molar-refractivity contribution < 1.29 is 19.1 Å². The Balaban J connectivity index is 1.50. The van der Waals surface area contributed by atoms with Crippen LogP contribution >= 0.6 is 0 Å². The van der Waals surface area contributed by atoms with Crippen LogP contribution in [0.15, 0.2) is 78.9 Å². The number of ether oxygens (including phenoxy) is 2. The number of alkyl carbamates (subject to hydrolysis) is 1. The van der Waals surface area contributed by atoms with Crippen LogP contribution in [0.2, 0.25) is 0 Å². The molecule has 5 nitrogen and oxygen atoms in total. The highest BCUT2D eigenvalue weighted by Crippen LogP contribution is 2.55. The van der Waals surface area contributed by atoms with Gasteiger partial charge in [-0.2, -0.15) is 0 Å². The summed E-state index contributed by atoms with van der Waals surface area (Å²) in [5.74, 6) is -1.13. The van der Waals surface area contributed by atoms with E-state index < -0.39 is 18.1 Å². The fourth-order valence-electron chi connectivity index (χ4n) is 5.27. The summed E-state index contributed by atoms with van der Waals surface area (Å²) in [5, 5.41) is 3.03. The van der Waals surface area contributed by atoms with Crippen molar-refractivity contribution in [2.75, 3.05) is 6.61 Å². The highest BCUT2D eigenvalue weighted by atomic mass is 16.5. The van der Waals surface area contributed by atoms with Gasteiger partial charge >= 0.3 is 12.1 Å². The molecule has 0 saturated heterocycles. The molecule has 0 radical (unpaired) electrons. The van der Waals surface area contributed by atoms with Gasteiger partial charge in [-0.15, -0.1) is 0 Å². The first kappa shape index (κ1) is 20.3. The number of amides is 1. The molecule has 2 bridgehead atoms. The van der Waals surface area contributed by atoms with Crippen LogP contribution in [-0.4, -0.2) is 24.7 Å². The zero-order chi connectivity index (χ0) is 22.1. The number of nitrogens with one attached hydrogen (secondary N) is 1. The Morgan fingerprint density at radius 1 is 0.750 bits per heavy atom. The van der Waals surface area contributed by atoms with Crippen molar-refractivity contribution in [3.05, 3.63) is 107 Å². The van der Waals surface area contributed by atoms with Crippen LogP contribution in [0, 0.1) is 5.92 Å². The first-order valence-electron chi connectivity index (χ1n) is 11.0. The molecule has 2 unspecified atom stereocenters. The van der Waals surface area contributed by atoms with Crippen molar-refractivity contribution >= 4 is 12.1 Å². The lowest BCUT2D eigenvalue weighted by Crippen LogP contribution is -2.55. The molecule has 0 saturated carbocycles. The molecule has 6 rings (SSSR count). The van der Waals surface area contributed by atoms with Crippen LogP contribution in [0.5, 0.6) is 0 Å². The smallest absolute Gasteiger partial charge is 0.407 e. The van der Waals surface area contributed by atoms with Crippen molar-refractivity contribution in [2.24, 2.45) is 5.92 Å². The standard InChI is InChI=1S/C27H25NO4/c1-2-31-26(29)24-22-18-12-6-8-14-20(18)23(21-15-9-7-13-19(21)22)25(24)28-27(30)32-16-17-10-4-3-5-11-17/h3-15,22-25H,2,16H2,1H3,(H,28,30). The minimum absolute atomic E-state index is 0.147. The average molecular weight is 428 g/mol. The molecule has 2 atom stereocenters. The van der Waals surface area contributed by atoms with E-state index in [2.05, 4.69) is 29.6 Å². The van der Waals surface area contributed by atoms with E-state index in [1.165, 1.54) is 0 Å². The maximum Gasteiger partial charge on any atom is 0.407 e. The van der Waals surface area contributed by atoms with Gasteiger partial charge < -0.3 is 14.8 Å². The monoisotopic (exact) mass is 427 g/mol. The Bertz CT molecular complexity index is 1100. The number of hydrogen-bond acceptors (Lipinski definition) is 4. The molecule has 1 N–H and O–H groups in total. The van der Waals surface area contributed by atoms with Gasteiger partial charge in [0.2, 0.25) is 0 Å². The fraction of sp³-hybridized carbons (Fsp3) is 0.259. The summed E-state index contributed by atoms with van der Waals surface area (Å²) in [6, 6.07) is 25.4. The van der Waals surface area contributed by atoms with Gasteiger partial charge in [0.15, 0.2) is 0 Å². The van der Waals surface area contributed by atoms with Crippen molar-refractivity contribution in [1.29, 1.82) is 0 Å². The predicted molar refractivity (Wildman–Crippen MR) is 120 cm³/mol. The number of rotatable bonds is 5. The fourth-order valence-corrected chi connectivity index (χ4v) is 5.27. The van der Waals surface area contributed by atoms with Gasteiger partial charge in [-0.25, -0.2) is 4.79 Å². The minimum atomic E-state index is -0.532. The van der Waals surface area contributed by atoms with Crippen molar-refractivity contribution in [2.45, 2.75) is 31.4 Å². The Hall–Kier alpha value is -3.60. The van der Waals surface area contributed by atoms with Gasteiger partial charge in [-0.05, 0) is 34.7 Å². The third-order valence-electron chi connectivity index (χ3n) is 6.49. The zero-order valence-corrected chi connectivity index (χ0v) is 17.9. The van der Waals surface area contributed by atoms with Gasteiger partial charge in [0.05, 0.1) is 18.6 Å². The number of esters is 1. The summed E-state index contributed by atoms with van der Waals surface area (Å²) in [6.07, 6.45) is -0.532. The lowest BCUT2D eigenvalue weighted by Gasteiger charge is -2.49. The maximum absolute atomic E-state index is 13.2. The quantitative estimate of drug-likeness (QED) is 0.597. The number of fused-ring (bicyclic) bond motifs is 1. The first-order valence-corrected chi connectivity index (χ1v) is 11.0. The van der Waals surface area contributed by atoms with Crippen LogP contribution in [-0.2, 0) is 20.9 Å². The summed E-state index contributed by atoms with van der Waals surface area (Å²) in [4.78, 5) is 26.0. The van der Waals surface area contributed by atoms with Crippen LogP contribution in [0.3, 0.4) is 0 Å². The molecule has 1 amide bonds. The second kappa shape index (κ2) is 8.50. The van der Waals surface area contributed by atoms with E-state index in [9.17, 15) is 9.59 Å². The molecule has 0 spiro atoms. The second-order valence-corrected chi connectivity index (χ2v) is 8.22. The molecule has 5 heteroatoms. The molecule has 0 heterocycles. The summed E-state index contributed by atoms with van der Waals surface area (Å²) in [6.45, 7) is 2.27. The normalized spacial score (nSPS) is 22.4. The molecule has 162 valence electrons. The number of hydrogen-bond donors (Lipinski definition) is 1. The molecule has 32 heavy (non-hydrogen) atoms. The molecule has 3 aliphatic carbocycles. The molecule has 3 aromatic rings. The predicted octanol–water partition coefficient (Wildman–Crippen LogP) is 4.75. The first-order chi connectivity index (χ1) is 15.7.